The summed E-state index contributed by atoms with van der Waals surface area (Å²) in [4.78, 5) is 2.31. The van der Waals surface area contributed by atoms with Crippen LogP contribution < -0.4 is 5.73 Å². The van der Waals surface area contributed by atoms with E-state index < -0.39 is 0 Å². The minimum atomic E-state index is 0.305. The molecule has 0 bridgehead atoms. The van der Waals surface area contributed by atoms with Gasteiger partial charge >= 0.3 is 0 Å². The first-order valence-corrected chi connectivity index (χ1v) is 5.21. The molecule has 0 saturated carbocycles. The minimum Gasteiger partial charge on any atom is -0.396 e. The van der Waals surface area contributed by atoms with E-state index in [1.165, 1.54) is 6.42 Å². The zero-order valence-electron chi connectivity index (χ0n) is 9.00. The Kier molecular flexibility index (Phi) is 8.40. The van der Waals surface area contributed by atoms with E-state index >= 15 is 0 Å². The Balaban J connectivity index is 3.15. The summed E-state index contributed by atoms with van der Waals surface area (Å²) in [6, 6.07) is 0.305. The van der Waals surface area contributed by atoms with E-state index in [1.807, 2.05) is 6.92 Å². The van der Waals surface area contributed by atoms with E-state index in [1.54, 1.807) is 0 Å². The molecule has 0 aromatic carbocycles. The molecular formula is C10H24N2O. The van der Waals surface area contributed by atoms with Crippen LogP contribution in [0.3, 0.4) is 0 Å². The molecule has 1 atom stereocenters. The summed E-state index contributed by atoms with van der Waals surface area (Å²) >= 11 is 0. The standard InChI is InChI=1S/C10H24N2O/c1-10(11)6-8-12(2)7-4-3-5-9-13/h10,13H,3-9,11H2,1-2H3. The number of aliphatic hydroxyl groups is 1. The van der Waals surface area contributed by atoms with E-state index in [-0.39, 0.29) is 0 Å². The molecule has 0 fully saturated rings. The first-order chi connectivity index (χ1) is 6.16. The fraction of sp³-hybridized carbons (Fsp3) is 1.00. The quantitative estimate of drug-likeness (QED) is 0.554. The molecule has 3 N–H and O–H groups in total. The van der Waals surface area contributed by atoms with E-state index in [9.17, 15) is 0 Å². The van der Waals surface area contributed by atoms with Gasteiger partial charge < -0.3 is 15.7 Å². The number of aliphatic hydroxyl groups excluding tert-OH is 1. The lowest BCUT2D eigenvalue weighted by atomic mass is 10.2. The van der Waals surface area contributed by atoms with Crippen LogP contribution in [0.1, 0.15) is 32.6 Å². The van der Waals surface area contributed by atoms with Crippen molar-refractivity contribution < 1.29 is 5.11 Å². The molecule has 0 aromatic heterocycles. The van der Waals surface area contributed by atoms with Crippen LogP contribution in [0.15, 0.2) is 0 Å². The Morgan fingerprint density at radius 3 is 2.46 bits per heavy atom. The number of nitrogens with zero attached hydrogens (tertiary/aromatic N) is 1. The number of unbranched alkanes of at least 4 members (excludes halogenated alkanes) is 2. The first kappa shape index (κ1) is 12.9. The monoisotopic (exact) mass is 188 g/mol. The number of hydrogen-bond acceptors (Lipinski definition) is 3. The lowest BCUT2D eigenvalue weighted by Crippen LogP contribution is -2.26. The smallest absolute Gasteiger partial charge is 0.0431 e. The molecule has 0 rings (SSSR count). The van der Waals surface area contributed by atoms with Crippen molar-refractivity contribution in [3.8, 4) is 0 Å². The minimum absolute atomic E-state index is 0.305. The van der Waals surface area contributed by atoms with Gasteiger partial charge in [-0.15, -0.1) is 0 Å². The van der Waals surface area contributed by atoms with Gasteiger partial charge in [0.05, 0.1) is 0 Å². The fourth-order valence-corrected chi connectivity index (χ4v) is 1.21. The average Bonchev–Trinajstić information content (AvgIpc) is 2.09. The molecule has 3 heteroatoms. The predicted molar refractivity (Wildman–Crippen MR) is 56.7 cm³/mol. The van der Waals surface area contributed by atoms with Crippen LogP contribution in [0.25, 0.3) is 0 Å². The zero-order valence-corrected chi connectivity index (χ0v) is 9.00. The van der Waals surface area contributed by atoms with Gasteiger partial charge in [0.15, 0.2) is 0 Å². The summed E-state index contributed by atoms with van der Waals surface area (Å²) in [5, 5.41) is 8.58. The van der Waals surface area contributed by atoms with Gasteiger partial charge in [0, 0.05) is 12.6 Å². The Labute approximate surface area is 81.9 Å². The Morgan fingerprint density at radius 2 is 1.92 bits per heavy atom. The molecule has 3 nitrogen and oxygen atoms in total. The maximum absolute atomic E-state index is 8.58. The highest BCUT2D eigenvalue weighted by atomic mass is 16.2. The van der Waals surface area contributed by atoms with Crippen molar-refractivity contribution in [3.05, 3.63) is 0 Å². The van der Waals surface area contributed by atoms with Crippen molar-refractivity contribution in [2.45, 2.75) is 38.6 Å². The van der Waals surface area contributed by atoms with Crippen molar-refractivity contribution in [1.82, 2.24) is 4.90 Å². The van der Waals surface area contributed by atoms with Crippen molar-refractivity contribution in [2.24, 2.45) is 5.73 Å². The van der Waals surface area contributed by atoms with Crippen LogP contribution in [0.4, 0.5) is 0 Å². The summed E-state index contributed by atoms with van der Waals surface area (Å²) < 4.78 is 0. The van der Waals surface area contributed by atoms with Crippen molar-refractivity contribution in [1.29, 1.82) is 0 Å². The molecule has 0 heterocycles. The summed E-state index contributed by atoms with van der Waals surface area (Å²) in [6.45, 7) is 4.56. The molecule has 0 aliphatic rings. The lowest BCUT2D eigenvalue weighted by molar-refractivity contribution is 0.271. The van der Waals surface area contributed by atoms with Crippen LogP contribution in [-0.2, 0) is 0 Å². The van der Waals surface area contributed by atoms with Crippen LogP contribution in [0.5, 0.6) is 0 Å². The van der Waals surface area contributed by atoms with Crippen LogP contribution in [-0.4, -0.2) is 42.8 Å². The Hall–Kier alpha value is -0.120. The topological polar surface area (TPSA) is 49.5 Å². The maximum Gasteiger partial charge on any atom is 0.0431 e. The summed E-state index contributed by atoms with van der Waals surface area (Å²) in [7, 11) is 2.13. The predicted octanol–water partition coefficient (Wildman–Crippen LogP) is 0.818. The number of rotatable bonds is 8. The SMILES string of the molecule is CC(N)CCN(C)CCCCCO. The molecule has 1 unspecified atom stereocenters. The highest BCUT2D eigenvalue weighted by molar-refractivity contribution is 4.58. The van der Waals surface area contributed by atoms with Crippen LogP contribution >= 0.6 is 0 Å². The molecule has 80 valence electrons. The van der Waals surface area contributed by atoms with Crippen molar-refractivity contribution in [3.63, 3.8) is 0 Å². The van der Waals surface area contributed by atoms with Crippen LogP contribution in [0.2, 0.25) is 0 Å². The summed E-state index contributed by atoms with van der Waals surface area (Å²) in [5.74, 6) is 0. The maximum atomic E-state index is 8.58. The van der Waals surface area contributed by atoms with Gasteiger partial charge in [0.25, 0.3) is 0 Å². The molecule has 0 aliphatic carbocycles. The fourth-order valence-electron chi connectivity index (χ4n) is 1.21. The first-order valence-electron chi connectivity index (χ1n) is 5.21. The second kappa shape index (κ2) is 8.48. The molecular weight excluding hydrogens is 164 g/mol. The molecule has 0 saturated heterocycles. The normalized spacial score (nSPS) is 13.6. The third-order valence-electron chi connectivity index (χ3n) is 2.16. The average molecular weight is 188 g/mol. The highest BCUT2D eigenvalue weighted by Gasteiger charge is 1.99. The molecule has 0 spiro atoms. The second-order valence-corrected chi connectivity index (χ2v) is 3.85. The van der Waals surface area contributed by atoms with Crippen molar-refractivity contribution >= 4 is 0 Å². The van der Waals surface area contributed by atoms with Gasteiger partial charge in [-0.1, -0.05) is 0 Å². The highest BCUT2D eigenvalue weighted by Crippen LogP contribution is 1.98. The van der Waals surface area contributed by atoms with Gasteiger partial charge in [-0.2, -0.15) is 0 Å². The summed E-state index contributed by atoms with van der Waals surface area (Å²) in [5.41, 5.74) is 5.66. The zero-order chi connectivity index (χ0) is 10.1. The number of hydrogen-bond donors (Lipinski definition) is 2. The van der Waals surface area contributed by atoms with Crippen LogP contribution in [0, 0.1) is 0 Å². The van der Waals surface area contributed by atoms with Gasteiger partial charge in [-0.25, -0.2) is 0 Å². The van der Waals surface area contributed by atoms with E-state index in [0.717, 1.165) is 32.4 Å². The summed E-state index contributed by atoms with van der Waals surface area (Å²) in [6.07, 6.45) is 4.30. The Bertz CT molecular complexity index is 107. The van der Waals surface area contributed by atoms with Gasteiger partial charge in [-0.05, 0) is 52.7 Å². The lowest BCUT2D eigenvalue weighted by Gasteiger charge is -2.17. The van der Waals surface area contributed by atoms with E-state index in [2.05, 4.69) is 11.9 Å². The third-order valence-corrected chi connectivity index (χ3v) is 2.16. The molecule has 13 heavy (non-hydrogen) atoms. The van der Waals surface area contributed by atoms with E-state index in [4.69, 9.17) is 10.8 Å². The Morgan fingerprint density at radius 1 is 1.23 bits per heavy atom. The van der Waals surface area contributed by atoms with Gasteiger partial charge in [0.2, 0.25) is 0 Å². The third kappa shape index (κ3) is 9.80. The molecule has 0 amide bonds. The molecule has 0 aliphatic heterocycles. The second-order valence-electron chi connectivity index (χ2n) is 3.85. The van der Waals surface area contributed by atoms with Gasteiger partial charge in [-0.3, -0.25) is 0 Å². The number of nitrogens with two attached hydrogens (primary N) is 1. The molecule has 0 aromatic rings. The van der Waals surface area contributed by atoms with Gasteiger partial charge in [0.1, 0.15) is 0 Å². The molecule has 0 radical (unpaired) electrons. The van der Waals surface area contributed by atoms with E-state index in [0.29, 0.717) is 12.6 Å². The largest absolute Gasteiger partial charge is 0.396 e. The van der Waals surface area contributed by atoms with Crippen molar-refractivity contribution in [2.75, 3.05) is 26.7 Å².